The van der Waals surface area contributed by atoms with Gasteiger partial charge >= 0.3 is 0 Å². The van der Waals surface area contributed by atoms with Gasteiger partial charge in [-0.2, -0.15) is 4.57 Å². The van der Waals surface area contributed by atoms with E-state index in [0.717, 1.165) is 10.6 Å². The molecule has 0 amide bonds. The van der Waals surface area contributed by atoms with E-state index in [-0.39, 0.29) is 41.7 Å². The minimum atomic E-state index is -0.346. The lowest BCUT2D eigenvalue weighted by Gasteiger charge is -1.98. The molecule has 0 aliphatic carbocycles. The highest BCUT2D eigenvalue weighted by Gasteiger charge is 2.19. The second-order valence-electron chi connectivity index (χ2n) is 4.26. The molecule has 1 aromatic heterocycles. The van der Waals surface area contributed by atoms with Gasteiger partial charge in [0.05, 0.1) is 4.88 Å². The maximum atomic E-state index is 12.8. The highest BCUT2D eigenvalue weighted by molar-refractivity contribution is 7.09. The van der Waals surface area contributed by atoms with Gasteiger partial charge in [-0.1, -0.05) is 11.3 Å². The lowest BCUT2D eigenvalue weighted by Crippen LogP contribution is -3.00. The van der Waals surface area contributed by atoms with Gasteiger partial charge in [-0.3, -0.25) is 4.79 Å². The Bertz CT molecular complexity index is 583. The summed E-state index contributed by atoms with van der Waals surface area (Å²) in [5.74, 6) is -0.400. The molecule has 0 spiro atoms. The van der Waals surface area contributed by atoms with Gasteiger partial charge in [0.2, 0.25) is 17.8 Å². The average molecular weight is 360 g/mol. The molecule has 1 heterocycles. The maximum Gasteiger partial charge on any atom is 0.227 e. The summed E-state index contributed by atoms with van der Waals surface area (Å²) in [6, 6.07) is 5.56. The molecule has 0 unspecified atom stereocenters. The van der Waals surface area contributed by atoms with Crippen molar-refractivity contribution < 1.29 is 35.8 Å². The van der Waals surface area contributed by atoms with Gasteiger partial charge < -0.3 is 22.1 Å². The SMILES string of the molecule is Cc1c(CCO)sc[n+]1CC(=O)c1ccc(F)cc1.[Br-]. The number of aliphatic hydroxyl groups is 1. The average Bonchev–Trinajstić information content (AvgIpc) is 2.73. The van der Waals surface area contributed by atoms with Gasteiger partial charge in [0.15, 0.2) is 5.69 Å². The summed E-state index contributed by atoms with van der Waals surface area (Å²) in [7, 11) is 0. The number of carbonyl (C=O) groups excluding carboxylic acids is 1. The van der Waals surface area contributed by atoms with Crippen LogP contribution in [-0.2, 0) is 13.0 Å². The van der Waals surface area contributed by atoms with Crippen molar-refractivity contribution in [2.24, 2.45) is 0 Å². The van der Waals surface area contributed by atoms with Crippen molar-refractivity contribution in [3.8, 4) is 0 Å². The minimum absolute atomic E-state index is 0. The number of nitrogens with zero attached hydrogens (tertiary/aromatic N) is 1. The van der Waals surface area contributed by atoms with Crippen LogP contribution < -0.4 is 21.5 Å². The number of Topliss-reactive ketones (excluding diaryl/α,β-unsaturated/α-hetero) is 1. The van der Waals surface area contributed by atoms with Crippen molar-refractivity contribution in [1.82, 2.24) is 0 Å². The predicted molar refractivity (Wildman–Crippen MR) is 70.8 cm³/mol. The predicted octanol–water partition coefficient (Wildman–Crippen LogP) is -1.10. The van der Waals surface area contributed by atoms with Gasteiger partial charge in [0, 0.05) is 25.5 Å². The van der Waals surface area contributed by atoms with Crippen LogP contribution in [0, 0.1) is 12.7 Å². The zero-order chi connectivity index (χ0) is 13.8. The number of carbonyl (C=O) groups is 1. The van der Waals surface area contributed by atoms with Gasteiger partial charge in [0.1, 0.15) is 5.82 Å². The maximum absolute atomic E-state index is 12.8. The molecule has 108 valence electrons. The van der Waals surface area contributed by atoms with Crippen LogP contribution in [0.3, 0.4) is 0 Å². The van der Waals surface area contributed by atoms with E-state index in [1.807, 2.05) is 17.0 Å². The van der Waals surface area contributed by atoms with Crippen LogP contribution in [0.5, 0.6) is 0 Å². The van der Waals surface area contributed by atoms with Crippen LogP contribution in [0.15, 0.2) is 29.8 Å². The van der Waals surface area contributed by atoms with Crippen LogP contribution >= 0.6 is 11.3 Å². The van der Waals surface area contributed by atoms with Crippen molar-refractivity contribution >= 4 is 17.1 Å². The van der Waals surface area contributed by atoms with E-state index in [9.17, 15) is 9.18 Å². The summed E-state index contributed by atoms with van der Waals surface area (Å²) in [6.07, 6.45) is 0.605. The van der Waals surface area contributed by atoms with Crippen LogP contribution in [0.4, 0.5) is 4.39 Å². The van der Waals surface area contributed by atoms with Gasteiger partial charge in [0.25, 0.3) is 0 Å². The normalized spacial score (nSPS) is 10.2. The van der Waals surface area contributed by atoms with Crippen LogP contribution in [0.1, 0.15) is 20.9 Å². The fraction of sp³-hybridized carbons (Fsp3) is 0.286. The van der Waals surface area contributed by atoms with Crippen molar-refractivity contribution in [1.29, 1.82) is 0 Å². The summed E-state index contributed by atoms with van der Waals surface area (Å²) in [5.41, 5.74) is 3.37. The fourth-order valence-electron chi connectivity index (χ4n) is 1.83. The summed E-state index contributed by atoms with van der Waals surface area (Å²) in [4.78, 5) is 13.1. The molecular formula is C14H15BrFNO2S. The van der Waals surface area contributed by atoms with E-state index >= 15 is 0 Å². The lowest BCUT2D eigenvalue weighted by molar-refractivity contribution is -0.684. The number of ketones is 1. The second kappa shape index (κ2) is 7.61. The standard InChI is InChI=1S/C14H15FNO2S.BrH/c1-10-14(6-7-17)19-9-16(10)8-13(18)11-2-4-12(15)5-3-11;/h2-5,9,17H,6-8H2,1H3;1H/q+1;/p-1. The summed E-state index contributed by atoms with van der Waals surface area (Å²) >= 11 is 1.53. The highest BCUT2D eigenvalue weighted by Crippen LogP contribution is 2.12. The highest BCUT2D eigenvalue weighted by atomic mass is 79.9. The summed E-state index contributed by atoms with van der Waals surface area (Å²) in [5, 5.41) is 8.93. The lowest BCUT2D eigenvalue weighted by atomic mass is 10.1. The van der Waals surface area contributed by atoms with E-state index in [4.69, 9.17) is 5.11 Å². The summed E-state index contributed by atoms with van der Waals surface area (Å²) < 4.78 is 14.7. The Morgan fingerprint density at radius 1 is 1.35 bits per heavy atom. The molecule has 20 heavy (non-hydrogen) atoms. The minimum Gasteiger partial charge on any atom is -1.00 e. The van der Waals surface area contributed by atoms with Crippen LogP contribution in [0.25, 0.3) is 0 Å². The first-order valence-corrected chi connectivity index (χ1v) is 6.86. The number of halogens is 2. The third-order valence-corrected chi connectivity index (χ3v) is 4.12. The molecule has 0 fully saturated rings. The Labute approximate surface area is 131 Å². The Kier molecular flexibility index (Phi) is 6.45. The molecule has 3 nitrogen and oxygen atoms in total. The third kappa shape index (κ3) is 3.94. The largest absolute Gasteiger partial charge is 1.00 e. The molecule has 2 aromatic rings. The van der Waals surface area contributed by atoms with E-state index in [1.165, 1.54) is 35.6 Å². The number of benzene rings is 1. The zero-order valence-corrected chi connectivity index (χ0v) is 13.4. The molecule has 0 saturated carbocycles. The molecule has 0 aliphatic rings. The molecule has 0 bridgehead atoms. The molecule has 0 aliphatic heterocycles. The number of rotatable bonds is 5. The van der Waals surface area contributed by atoms with E-state index in [0.29, 0.717) is 12.0 Å². The van der Waals surface area contributed by atoms with Crippen molar-refractivity contribution in [2.45, 2.75) is 19.9 Å². The van der Waals surface area contributed by atoms with Crippen molar-refractivity contribution in [3.05, 3.63) is 51.7 Å². The van der Waals surface area contributed by atoms with E-state index in [2.05, 4.69) is 0 Å². The Hall–Kier alpha value is -1.11. The van der Waals surface area contributed by atoms with Gasteiger partial charge in [-0.25, -0.2) is 4.39 Å². The molecule has 2 rings (SSSR count). The first-order chi connectivity index (χ1) is 9.11. The molecule has 1 aromatic carbocycles. The number of hydrogen-bond donors (Lipinski definition) is 1. The topological polar surface area (TPSA) is 41.2 Å². The number of thiazole rings is 1. The van der Waals surface area contributed by atoms with Crippen molar-refractivity contribution in [3.63, 3.8) is 0 Å². The molecule has 1 N–H and O–H groups in total. The Balaban J connectivity index is 0.00000200. The monoisotopic (exact) mass is 359 g/mol. The van der Waals surface area contributed by atoms with E-state index in [1.54, 1.807) is 0 Å². The number of aromatic nitrogens is 1. The van der Waals surface area contributed by atoms with Gasteiger partial charge in [-0.15, -0.1) is 0 Å². The van der Waals surface area contributed by atoms with Crippen LogP contribution in [-0.4, -0.2) is 17.5 Å². The third-order valence-electron chi connectivity index (χ3n) is 2.98. The quantitative estimate of drug-likeness (QED) is 0.544. The zero-order valence-electron chi connectivity index (χ0n) is 11.0. The number of hydrogen-bond acceptors (Lipinski definition) is 3. The Morgan fingerprint density at radius 3 is 2.60 bits per heavy atom. The molecule has 0 atom stereocenters. The molecule has 0 saturated heterocycles. The molecular weight excluding hydrogens is 345 g/mol. The second-order valence-corrected chi connectivity index (χ2v) is 5.20. The molecule has 0 radical (unpaired) electrons. The first kappa shape index (κ1) is 16.9. The smallest absolute Gasteiger partial charge is 0.227 e. The summed E-state index contributed by atoms with van der Waals surface area (Å²) in [6.45, 7) is 2.27. The van der Waals surface area contributed by atoms with Gasteiger partial charge in [-0.05, 0) is 24.3 Å². The van der Waals surface area contributed by atoms with Crippen molar-refractivity contribution in [2.75, 3.05) is 6.61 Å². The number of aliphatic hydroxyl groups excluding tert-OH is 1. The molecule has 6 heteroatoms. The first-order valence-electron chi connectivity index (χ1n) is 5.98. The fourth-order valence-corrected chi connectivity index (χ4v) is 2.81. The Morgan fingerprint density at radius 2 is 2.00 bits per heavy atom. The van der Waals surface area contributed by atoms with Crippen LogP contribution in [0.2, 0.25) is 0 Å². The van der Waals surface area contributed by atoms with E-state index < -0.39 is 0 Å².